The van der Waals surface area contributed by atoms with E-state index in [0.29, 0.717) is 0 Å². The van der Waals surface area contributed by atoms with Crippen molar-refractivity contribution in [2.24, 2.45) is 0 Å². The number of hydrogen-bond donors (Lipinski definition) is 1. The molecule has 1 amide bonds. The maximum Gasteiger partial charge on any atom is 0.407 e. The van der Waals surface area contributed by atoms with E-state index in [1.807, 2.05) is 20.8 Å². The van der Waals surface area contributed by atoms with E-state index < -0.39 is 5.60 Å². The number of ether oxygens (including phenoxy) is 2. The van der Waals surface area contributed by atoms with Crippen molar-refractivity contribution < 1.29 is 14.3 Å². The first kappa shape index (κ1) is 15.4. The first-order chi connectivity index (χ1) is 9.39. The lowest BCUT2D eigenvalue weighted by Gasteiger charge is -2.39. The fourth-order valence-electron chi connectivity index (χ4n) is 2.99. The van der Waals surface area contributed by atoms with Crippen LogP contribution in [0, 0.1) is 0 Å². The van der Waals surface area contributed by atoms with Crippen molar-refractivity contribution in [2.75, 3.05) is 6.61 Å². The van der Waals surface area contributed by atoms with Crippen LogP contribution in [0.5, 0.6) is 0 Å². The summed E-state index contributed by atoms with van der Waals surface area (Å²) in [5, 5.41) is 2.98. The molecule has 1 spiro atoms. The van der Waals surface area contributed by atoms with Crippen LogP contribution >= 0.6 is 0 Å². The van der Waals surface area contributed by atoms with Gasteiger partial charge in [-0.25, -0.2) is 4.79 Å². The average molecular weight is 281 g/mol. The third-order valence-corrected chi connectivity index (χ3v) is 4.04. The zero-order valence-corrected chi connectivity index (χ0v) is 12.9. The van der Waals surface area contributed by atoms with Gasteiger partial charge >= 0.3 is 6.09 Å². The summed E-state index contributed by atoms with van der Waals surface area (Å²) in [6.45, 7) is 6.38. The Labute approximate surface area is 121 Å². The molecule has 0 unspecified atom stereocenters. The van der Waals surface area contributed by atoms with Crippen molar-refractivity contribution in [3.8, 4) is 0 Å². The average Bonchev–Trinajstić information content (AvgIpc) is 2.56. The molecule has 0 saturated heterocycles. The van der Waals surface area contributed by atoms with Gasteiger partial charge in [0.05, 0.1) is 12.2 Å². The molecule has 2 rings (SSSR count). The molecule has 2 aliphatic rings. The smallest absolute Gasteiger partial charge is 0.407 e. The van der Waals surface area contributed by atoms with E-state index >= 15 is 0 Å². The molecule has 0 atom stereocenters. The molecule has 0 aromatic rings. The quantitative estimate of drug-likeness (QED) is 0.748. The maximum atomic E-state index is 11.8. The van der Waals surface area contributed by atoms with E-state index in [9.17, 15) is 4.79 Å². The molecule has 1 fully saturated rings. The summed E-state index contributed by atoms with van der Waals surface area (Å²) >= 11 is 0. The molecule has 4 heteroatoms. The van der Waals surface area contributed by atoms with Crippen LogP contribution in [-0.2, 0) is 9.47 Å². The SMILES string of the molecule is CC(C)(C)OC(=O)NC1CCC2(CCC=CCO2)CC1. The Hall–Kier alpha value is -1.03. The summed E-state index contributed by atoms with van der Waals surface area (Å²) in [6, 6.07) is 0.218. The maximum absolute atomic E-state index is 11.8. The van der Waals surface area contributed by atoms with Gasteiger partial charge < -0.3 is 14.8 Å². The molecule has 1 saturated carbocycles. The Morgan fingerprint density at radius 2 is 1.95 bits per heavy atom. The van der Waals surface area contributed by atoms with Gasteiger partial charge in [-0.1, -0.05) is 12.2 Å². The molecule has 0 radical (unpaired) electrons. The number of allylic oxidation sites excluding steroid dienone is 1. The zero-order valence-electron chi connectivity index (χ0n) is 12.9. The predicted molar refractivity (Wildman–Crippen MR) is 78.7 cm³/mol. The highest BCUT2D eigenvalue weighted by atomic mass is 16.6. The van der Waals surface area contributed by atoms with Crippen LogP contribution in [0.25, 0.3) is 0 Å². The number of carbonyl (C=O) groups excluding carboxylic acids is 1. The van der Waals surface area contributed by atoms with Gasteiger partial charge in [-0.15, -0.1) is 0 Å². The number of hydrogen-bond acceptors (Lipinski definition) is 3. The molecular formula is C16H27NO3. The Bertz CT molecular complexity index is 350. The van der Waals surface area contributed by atoms with Crippen molar-refractivity contribution in [3.05, 3.63) is 12.2 Å². The van der Waals surface area contributed by atoms with E-state index in [0.717, 1.165) is 45.1 Å². The summed E-state index contributed by atoms with van der Waals surface area (Å²) in [4.78, 5) is 11.8. The molecule has 0 aromatic heterocycles. The van der Waals surface area contributed by atoms with Gasteiger partial charge in [0.15, 0.2) is 0 Å². The number of alkyl carbamates (subject to hydrolysis) is 1. The van der Waals surface area contributed by atoms with E-state index in [1.165, 1.54) is 0 Å². The molecule has 0 bridgehead atoms. The van der Waals surface area contributed by atoms with E-state index in [-0.39, 0.29) is 17.7 Å². The molecule has 1 heterocycles. The second-order valence-corrected chi connectivity index (χ2v) is 6.92. The zero-order chi connectivity index (χ0) is 14.6. The minimum atomic E-state index is -0.434. The normalized spacial score (nSPS) is 30.9. The predicted octanol–water partition coefficient (Wildman–Crippen LogP) is 3.56. The number of amides is 1. The van der Waals surface area contributed by atoms with E-state index in [4.69, 9.17) is 9.47 Å². The number of rotatable bonds is 1. The second kappa shape index (κ2) is 6.17. The van der Waals surface area contributed by atoms with Crippen molar-refractivity contribution >= 4 is 6.09 Å². The van der Waals surface area contributed by atoms with Crippen LogP contribution in [0.1, 0.15) is 59.3 Å². The standard InChI is InChI=1S/C16H27NO3/c1-15(2,3)20-14(18)17-13-7-10-16(11-8-13)9-5-4-6-12-19-16/h4,6,13H,5,7-12H2,1-3H3,(H,17,18). The highest BCUT2D eigenvalue weighted by molar-refractivity contribution is 5.68. The summed E-state index contributed by atoms with van der Waals surface area (Å²) < 4.78 is 11.3. The number of carbonyl (C=O) groups is 1. The van der Waals surface area contributed by atoms with Crippen LogP contribution < -0.4 is 5.32 Å². The molecule has 0 aromatic carbocycles. The molecule has 1 aliphatic carbocycles. The third-order valence-electron chi connectivity index (χ3n) is 4.04. The first-order valence-electron chi connectivity index (χ1n) is 7.67. The van der Waals surface area contributed by atoms with Crippen LogP contribution in [0.4, 0.5) is 4.79 Å². The van der Waals surface area contributed by atoms with Gasteiger partial charge in [-0.3, -0.25) is 0 Å². The van der Waals surface area contributed by atoms with E-state index in [1.54, 1.807) is 0 Å². The second-order valence-electron chi connectivity index (χ2n) is 6.92. The van der Waals surface area contributed by atoms with Crippen LogP contribution in [0.2, 0.25) is 0 Å². The molecule has 1 aliphatic heterocycles. The largest absolute Gasteiger partial charge is 0.444 e. The number of nitrogens with one attached hydrogen (secondary N) is 1. The molecule has 4 nitrogen and oxygen atoms in total. The monoisotopic (exact) mass is 281 g/mol. The van der Waals surface area contributed by atoms with Crippen LogP contribution in [0.3, 0.4) is 0 Å². The summed E-state index contributed by atoms with van der Waals surface area (Å²) in [7, 11) is 0. The van der Waals surface area contributed by atoms with Gasteiger partial charge in [0.1, 0.15) is 5.60 Å². The van der Waals surface area contributed by atoms with Gasteiger partial charge in [-0.05, 0) is 59.3 Å². The highest BCUT2D eigenvalue weighted by Gasteiger charge is 2.36. The van der Waals surface area contributed by atoms with Crippen molar-refractivity contribution in [2.45, 2.75) is 76.5 Å². The molecule has 114 valence electrons. The van der Waals surface area contributed by atoms with Crippen LogP contribution in [-0.4, -0.2) is 29.9 Å². The molecule has 20 heavy (non-hydrogen) atoms. The van der Waals surface area contributed by atoms with Crippen molar-refractivity contribution in [1.82, 2.24) is 5.32 Å². The van der Waals surface area contributed by atoms with Gasteiger partial charge in [-0.2, -0.15) is 0 Å². The summed E-state index contributed by atoms with van der Waals surface area (Å²) in [5.41, 5.74) is -0.397. The Morgan fingerprint density at radius 3 is 2.60 bits per heavy atom. The highest BCUT2D eigenvalue weighted by Crippen LogP contribution is 2.36. The third kappa shape index (κ3) is 4.51. The topological polar surface area (TPSA) is 47.6 Å². The Balaban J connectivity index is 1.78. The van der Waals surface area contributed by atoms with Crippen molar-refractivity contribution in [3.63, 3.8) is 0 Å². The van der Waals surface area contributed by atoms with Crippen LogP contribution in [0.15, 0.2) is 12.2 Å². The summed E-state index contributed by atoms with van der Waals surface area (Å²) in [5.74, 6) is 0. The fourth-order valence-corrected chi connectivity index (χ4v) is 2.99. The lowest BCUT2D eigenvalue weighted by atomic mass is 9.79. The Morgan fingerprint density at radius 1 is 1.25 bits per heavy atom. The Kier molecular flexibility index (Phi) is 4.74. The molecule has 1 N–H and O–H groups in total. The van der Waals surface area contributed by atoms with Gasteiger partial charge in [0.25, 0.3) is 0 Å². The molecular weight excluding hydrogens is 254 g/mol. The minimum absolute atomic E-state index is 0.0373. The lowest BCUT2D eigenvalue weighted by Crippen LogP contribution is -2.45. The summed E-state index contributed by atoms with van der Waals surface area (Å²) in [6.07, 6.45) is 10.2. The lowest BCUT2D eigenvalue weighted by molar-refractivity contribution is -0.0646. The van der Waals surface area contributed by atoms with Crippen molar-refractivity contribution in [1.29, 1.82) is 0 Å². The fraction of sp³-hybridized carbons (Fsp3) is 0.812. The van der Waals surface area contributed by atoms with E-state index in [2.05, 4.69) is 17.5 Å². The minimum Gasteiger partial charge on any atom is -0.444 e. The van der Waals surface area contributed by atoms with Gasteiger partial charge in [0, 0.05) is 6.04 Å². The van der Waals surface area contributed by atoms with Gasteiger partial charge in [0.2, 0.25) is 0 Å². The first-order valence-corrected chi connectivity index (χ1v) is 7.67.